The fraction of sp³-hybridized carbons (Fsp3) is 0.440. The van der Waals surface area contributed by atoms with Crippen LogP contribution in [0.2, 0.25) is 5.02 Å². The molecule has 3 aromatic heterocycles. The number of carbonyl (C=O) groups is 1. The molecule has 1 amide bonds. The van der Waals surface area contributed by atoms with Crippen LogP contribution in [0.15, 0.2) is 34.8 Å². The first-order valence-corrected chi connectivity index (χ1v) is 12.7. The molecule has 12 heteroatoms. The lowest BCUT2D eigenvalue weighted by molar-refractivity contribution is -0.0121. The van der Waals surface area contributed by atoms with E-state index in [0.29, 0.717) is 33.9 Å². The highest BCUT2D eigenvalue weighted by molar-refractivity contribution is 6.30. The second-order valence-corrected chi connectivity index (χ2v) is 9.57. The number of nitrogens with two attached hydrogens (primary N) is 1. The van der Waals surface area contributed by atoms with E-state index in [9.17, 15) is 4.79 Å². The predicted molar refractivity (Wildman–Crippen MR) is 136 cm³/mol. The molecule has 2 unspecified atom stereocenters. The summed E-state index contributed by atoms with van der Waals surface area (Å²) < 4.78 is 25.0. The molecule has 0 fully saturated rings. The summed E-state index contributed by atoms with van der Waals surface area (Å²) in [5.41, 5.74) is 6.37. The van der Waals surface area contributed by atoms with Crippen LogP contribution >= 0.6 is 11.6 Å². The number of amidine groups is 1. The molecule has 10 nitrogen and oxygen atoms in total. The van der Waals surface area contributed by atoms with E-state index >= 15 is 4.39 Å². The van der Waals surface area contributed by atoms with E-state index in [4.69, 9.17) is 27.2 Å². The summed E-state index contributed by atoms with van der Waals surface area (Å²) in [5, 5.41) is 9.43. The van der Waals surface area contributed by atoms with Gasteiger partial charge in [-0.25, -0.2) is 24.1 Å². The number of carboxylic acid groups (broad SMARTS) is 1. The number of pyridine rings is 1. The molecule has 0 saturated carbocycles. The second kappa shape index (κ2) is 9.37. The zero-order valence-electron chi connectivity index (χ0n) is 20.7. The maximum atomic E-state index is 17.2. The Kier molecular flexibility index (Phi) is 6.35. The van der Waals surface area contributed by atoms with Gasteiger partial charge in [-0.1, -0.05) is 32.4 Å². The van der Waals surface area contributed by atoms with Crippen molar-refractivity contribution in [2.24, 2.45) is 22.6 Å². The summed E-state index contributed by atoms with van der Waals surface area (Å²) in [6, 6.07) is 1.67. The number of fused-ring (bicyclic) bond motifs is 4. The number of amides is 1. The first kappa shape index (κ1) is 25.1. The van der Waals surface area contributed by atoms with Gasteiger partial charge >= 0.3 is 6.09 Å². The normalized spacial score (nSPS) is 24.5. The van der Waals surface area contributed by atoms with Crippen LogP contribution in [0.4, 0.5) is 9.18 Å². The lowest BCUT2D eigenvalue weighted by Crippen LogP contribution is -2.48. The zero-order valence-corrected chi connectivity index (χ0v) is 21.5. The molecule has 3 atom stereocenters. The molecular formula is C25H27ClFN7O3. The SMILES string of the molecule is CC.CC1COC2=C3[C@@H](CCC2)Cn2c(nc4nc(/C(N)=N/C(=O)O)nc(-c5cncc(Cl)c5)c42)C31F. The molecule has 3 N–H and O–H groups in total. The third-order valence-corrected chi connectivity index (χ3v) is 7.21. The van der Waals surface area contributed by atoms with Gasteiger partial charge < -0.3 is 20.1 Å². The van der Waals surface area contributed by atoms with Gasteiger partial charge in [0.2, 0.25) is 0 Å². The zero-order chi connectivity index (χ0) is 26.5. The molecule has 0 spiro atoms. The monoisotopic (exact) mass is 527 g/mol. The van der Waals surface area contributed by atoms with Crippen LogP contribution in [0.25, 0.3) is 22.4 Å². The van der Waals surface area contributed by atoms with Crippen LogP contribution in [-0.4, -0.2) is 48.1 Å². The van der Waals surface area contributed by atoms with Crippen molar-refractivity contribution in [3.63, 3.8) is 0 Å². The van der Waals surface area contributed by atoms with Crippen molar-refractivity contribution in [1.29, 1.82) is 0 Å². The third-order valence-electron chi connectivity index (χ3n) is 7.00. The number of imidazole rings is 1. The Hall–Kier alpha value is -3.60. The largest absolute Gasteiger partial charge is 0.497 e. The van der Waals surface area contributed by atoms with E-state index in [1.807, 2.05) is 25.3 Å². The molecule has 1 aliphatic carbocycles. The van der Waals surface area contributed by atoms with Gasteiger partial charge in [0.05, 0.1) is 17.4 Å². The maximum absolute atomic E-state index is 17.2. The van der Waals surface area contributed by atoms with Gasteiger partial charge in [-0.15, -0.1) is 0 Å². The minimum atomic E-state index is -1.82. The van der Waals surface area contributed by atoms with E-state index in [0.717, 1.165) is 25.0 Å². The molecule has 0 saturated heterocycles. The number of allylic oxidation sites excluding steroid dienone is 2. The van der Waals surface area contributed by atoms with E-state index in [1.54, 1.807) is 12.3 Å². The fourth-order valence-electron chi connectivity index (χ4n) is 5.52. The fourth-order valence-corrected chi connectivity index (χ4v) is 5.69. The molecular weight excluding hydrogens is 501 g/mol. The van der Waals surface area contributed by atoms with E-state index in [-0.39, 0.29) is 29.8 Å². The summed E-state index contributed by atoms with van der Waals surface area (Å²) in [7, 11) is 0. The van der Waals surface area contributed by atoms with Crippen LogP contribution in [0.3, 0.4) is 0 Å². The average molecular weight is 528 g/mol. The van der Waals surface area contributed by atoms with Gasteiger partial charge in [0.1, 0.15) is 11.2 Å². The van der Waals surface area contributed by atoms with Gasteiger partial charge in [0, 0.05) is 48.3 Å². The van der Waals surface area contributed by atoms with Crippen LogP contribution in [0, 0.1) is 11.8 Å². The van der Waals surface area contributed by atoms with E-state index in [2.05, 4.69) is 24.9 Å². The summed E-state index contributed by atoms with van der Waals surface area (Å²) >= 11 is 6.20. The summed E-state index contributed by atoms with van der Waals surface area (Å²) in [6.07, 6.45) is 4.04. The molecule has 3 aliphatic rings. The molecule has 0 radical (unpaired) electrons. The van der Waals surface area contributed by atoms with Crippen molar-refractivity contribution in [3.8, 4) is 11.3 Å². The smallest absolute Gasteiger partial charge is 0.433 e. The van der Waals surface area contributed by atoms with Crippen LogP contribution in [-0.2, 0) is 17.0 Å². The average Bonchev–Trinajstić information content (AvgIpc) is 3.26. The highest BCUT2D eigenvalue weighted by Gasteiger charge is 2.56. The molecule has 37 heavy (non-hydrogen) atoms. The second-order valence-electron chi connectivity index (χ2n) is 9.14. The maximum Gasteiger partial charge on any atom is 0.433 e. The Morgan fingerprint density at radius 1 is 1.32 bits per heavy atom. The van der Waals surface area contributed by atoms with E-state index < -0.39 is 23.5 Å². The molecule has 194 valence electrons. The molecule has 2 aliphatic heterocycles. The van der Waals surface area contributed by atoms with Crippen molar-refractivity contribution >= 4 is 34.7 Å². The van der Waals surface area contributed by atoms with Crippen LogP contribution in [0.5, 0.6) is 0 Å². The molecule has 3 aromatic rings. The lowest BCUT2D eigenvalue weighted by Gasteiger charge is -2.47. The topological polar surface area (TPSA) is 141 Å². The number of ether oxygens (including phenoxy) is 1. The first-order chi connectivity index (χ1) is 17.8. The van der Waals surface area contributed by atoms with Crippen molar-refractivity contribution in [3.05, 3.63) is 46.5 Å². The number of halogens is 2. The van der Waals surface area contributed by atoms with Gasteiger partial charge in [-0.3, -0.25) is 4.98 Å². The van der Waals surface area contributed by atoms with E-state index in [1.165, 1.54) is 6.20 Å². The Labute approximate surface area is 217 Å². The summed E-state index contributed by atoms with van der Waals surface area (Å²) in [4.78, 5) is 32.2. The number of rotatable bonds is 2. The van der Waals surface area contributed by atoms with Gasteiger partial charge in [0.15, 0.2) is 28.8 Å². The van der Waals surface area contributed by atoms with Gasteiger partial charge in [0.25, 0.3) is 0 Å². The Balaban J connectivity index is 0.00000137. The minimum Gasteiger partial charge on any atom is -0.497 e. The van der Waals surface area contributed by atoms with Crippen molar-refractivity contribution < 1.29 is 19.0 Å². The number of aromatic nitrogens is 5. The van der Waals surface area contributed by atoms with Gasteiger partial charge in [-0.2, -0.15) is 4.99 Å². The highest BCUT2D eigenvalue weighted by atomic mass is 35.5. The standard InChI is InChI=1S/C23H21ClFN7O3.C2H6/c1-10-9-35-14-4-2-3-11-8-32-17-16(12-5-13(24)7-27-6-12)28-20(18(26)29-22(33)34)30-19(17)31-21(32)23(10,25)15(11)14;1-2/h5-7,10-11H,2-4,8-9H2,1H3,(H2,26,29)(H,33,34);1-2H3/t10?,11-,23?;/m0./s1. The highest BCUT2D eigenvalue weighted by Crippen LogP contribution is 2.55. The predicted octanol–water partition coefficient (Wildman–Crippen LogP) is 4.85. The minimum absolute atomic E-state index is 0.0416. The van der Waals surface area contributed by atoms with Crippen LogP contribution < -0.4 is 5.73 Å². The number of alkyl halides is 1. The number of hydrogen-bond donors (Lipinski definition) is 2. The quantitative estimate of drug-likeness (QED) is 0.356. The van der Waals surface area contributed by atoms with Crippen molar-refractivity contribution in [2.45, 2.75) is 52.2 Å². The Bertz CT molecular complexity index is 1470. The molecule has 0 bridgehead atoms. The Morgan fingerprint density at radius 2 is 2.11 bits per heavy atom. The third kappa shape index (κ3) is 3.92. The first-order valence-electron chi connectivity index (χ1n) is 12.3. The number of aliphatic imine (C=N–C) groups is 1. The molecule has 0 aromatic carbocycles. The lowest BCUT2D eigenvalue weighted by atomic mass is 9.69. The summed E-state index contributed by atoms with van der Waals surface area (Å²) in [6.45, 7) is 6.57. The van der Waals surface area contributed by atoms with Crippen LogP contribution in [0.1, 0.15) is 51.7 Å². The van der Waals surface area contributed by atoms with Crippen molar-refractivity contribution in [1.82, 2.24) is 24.5 Å². The molecule has 6 rings (SSSR count). The summed E-state index contributed by atoms with van der Waals surface area (Å²) in [5.74, 6) is -0.0419. The number of nitrogens with zero attached hydrogens (tertiary/aromatic N) is 6. The molecule has 5 heterocycles. The number of hydrogen-bond acceptors (Lipinski definition) is 6. The van der Waals surface area contributed by atoms with Crippen molar-refractivity contribution in [2.75, 3.05) is 6.61 Å². The Morgan fingerprint density at radius 3 is 2.84 bits per heavy atom. The van der Waals surface area contributed by atoms with Gasteiger partial charge in [-0.05, 0) is 18.9 Å².